The van der Waals surface area contributed by atoms with Crippen LogP contribution < -0.4 is 5.32 Å². The highest BCUT2D eigenvalue weighted by Gasteiger charge is 2.17. The first-order valence-corrected chi connectivity index (χ1v) is 6.11. The lowest BCUT2D eigenvalue weighted by Crippen LogP contribution is -2.46. The molecule has 0 aromatic heterocycles. The fraction of sp³-hybridized carbons (Fsp3) is 1.00. The van der Waals surface area contributed by atoms with E-state index in [4.69, 9.17) is 4.74 Å². The summed E-state index contributed by atoms with van der Waals surface area (Å²) in [6.45, 7) is 10.8. The second kappa shape index (κ2) is 6.46. The predicted octanol–water partition coefficient (Wildman–Crippen LogP) is 1.34. The van der Waals surface area contributed by atoms with E-state index in [-0.39, 0.29) is 0 Å². The molecule has 0 saturated carbocycles. The molecule has 1 aliphatic rings. The molecule has 0 unspecified atom stereocenters. The van der Waals surface area contributed by atoms with Crippen LogP contribution in [-0.2, 0) is 4.74 Å². The first-order chi connectivity index (χ1) is 7.08. The molecule has 0 aliphatic carbocycles. The largest absolute Gasteiger partial charge is 0.374 e. The lowest BCUT2D eigenvalue weighted by Gasteiger charge is -2.31. The Bertz CT molecular complexity index is 173. The highest BCUT2D eigenvalue weighted by atomic mass is 16.5. The molecule has 0 radical (unpaired) electrons. The van der Waals surface area contributed by atoms with Gasteiger partial charge >= 0.3 is 0 Å². The summed E-state index contributed by atoms with van der Waals surface area (Å²) in [6.07, 6.45) is 1.61. The van der Waals surface area contributed by atoms with Crippen molar-refractivity contribution in [3.05, 3.63) is 0 Å². The van der Waals surface area contributed by atoms with Gasteiger partial charge in [-0.15, -0.1) is 0 Å². The van der Waals surface area contributed by atoms with Crippen LogP contribution in [0.5, 0.6) is 0 Å². The number of ether oxygens (including phenoxy) is 1. The van der Waals surface area contributed by atoms with Crippen LogP contribution in [0.3, 0.4) is 0 Å². The molecule has 15 heavy (non-hydrogen) atoms. The molecule has 0 aromatic rings. The van der Waals surface area contributed by atoms with Gasteiger partial charge in [0.1, 0.15) is 0 Å². The van der Waals surface area contributed by atoms with Gasteiger partial charge in [-0.05, 0) is 26.3 Å². The van der Waals surface area contributed by atoms with Gasteiger partial charge in [-0.3, -0.25) is 0 Å². The second-order valence-electron chi connectivity index (χ2n) is 5.19. The minimum absolute atomic E-state index is 0.373. The highest BCUT2D eigenvalue weighted by molar-refractivity contribution is 4.73. The average molecular weight is 214 g/mol. The van der Waals surface area contributed by atoms with Crippen molar-refractivity contribution in [3.63, 3.8) is 0 Å². The van der Waals surface area contributed by atoms with Gasteiger partial charge in [0.2, 0.25) is 0 Å². The zero-order chi connectivity index (χ0) is 11.3. The predicted molar refractivity (Wildman–Crippen MR) is 64.2 cm³/mol. The van der Waals surface area contributed by atoms with Gasteiger partial charge in [0.05, 0.1) is 12.7 Å². The lowest BCUT2D eigenvalue weighted by atomic mass is 10.1. The molecule has 1 saturated heterocycles. The van der Waals surface area contributed by atoms with Crippen LogP contribution in [0, 0.1) is 5.92 Å². The quantitative estimate of drug-likeness (QED) is 0.747. The maximum atomic E-state index is 5.70. The molecule has 1 fully saturated rings. The molecular weight excluding hydrogens is 188 g/mol. The molecule has 1 N–H and O–H groups in total. The Morgan fingerprint density at radius 2 is 2.13 bits per heavy atom. The van der Waals surface area contributed by atoms with E-state index in [0.717, 1.165) is 32.2 Å². The van der Waals surface area contributed by atoms with E-state index < -0.39 is 0 Å². The van der Waals surface area contributed by atoms with Gasteiger partial charge in [0, 0.05) is 25.7 Å². The van der Waals surface area contributed by atoms with Crippen molar-refractivity contribution in [1.29, 1.82) is 0 Å². The van der Waals surface area contributed by atoms with E-state index in [1.807, 2.05) is 0 Å². The average Bonchev–Trinajstić information content (AvgIpc) is 2.14. The summed E-state index contributed by atoms with van der Waals surface area (Å²) < 4.78 is 5.70. The smallest absolute Gasteiger partial charge is 0.0826 e. The molecule has 1 heterocycles. The Morgan fingerprint density at radius 3 is 2.73 bits per heavy atom. The highest BCUT2D eigenvalue weighted by Crippen LogP contribution is 2.05. The molecule has 0 bridgehead atoms. The number of rotatable bonds is 5. The van der Waals surface area contributed by atoms with Gasteiger partial charge in [-0.2, -0.15) is 0 Å². The van der Waals surface area contributed by atoms with Crippen LogP contribution in [-0.4, -0.2) is 50.3 Å². The number of nitrogens with zero attached hydrogens (tertiary/aromatic N) is 1. The van der Waals surface area contributed by atoms with E-state index in [1.54, 1.807) is 0 Å². The molecule has 3 nitrogen and oxygen atoms in total. The van der Waals surface area contributed by atoms with Gasteiger partial charge < -0.3 is 15.0 Å². The van der Waals surface area contributed by atoms with E-state index >= 15 is 0 Å². The third kappa shape index (κ3) is 5.50. The first-order valence-electron chi connectivity index (χ1n) is 6.11. The number of hydrogen-bond acceptors (Lipinski definition) is 3. The zero-order valence-corrected chi connectivity index (χ0v) is 10.6. The summed E-state index contributed by atoms with van der Waals surface area (Å²) in [5.74, 6) is 0.766. The number of morpholine rings is 1. The molecule has 90 valence electrons. The molecular formula is C12H26N2O. The molecule has 1 aliphatic heterocycles. The monoisotopic (exact) mass is 214 g/mol. The van der Waals surface area contributed by atoms with Crippen molar-refractivity contribution in [2.45, 2.75) is 39.3 Å². The molecule has 0 aromatic carbocycles. The maximum Gasteiger partial charge on any atom is 0.0826 e. The van der Waals surface area contributed by atoms with Crippen LogP contribution in [0.25, 0.3) is 0 Å². The van der Waals surface area contributed by atoms with Gasteiger partial charge in [-0.25, -0.2) is 0 Å². The lowest BCUT2D eigenvalue weighted by molar-refractivity contribution is -0.0192. The van der Waals surface area contributed by atoms with Crippen molar-refractivity contribution in [1.82, 2.24) is 10.2 Å². The van der Waals surface area contributed by atoms with E-state index in [1.165, 1.54) is 6.42 Å². The summed E-state index contributed by atoms with van der Waals surface area (Å²) in [4.78, 5) is 2.34. The Hall–Kier alpha value is -0.120. The van der Waals surface area contributed by atoms with Crippen LogP contribution in [0.4, 0.5) is 0 Å². The standard InChI is InChI=1S/C12H26N2O/c1-10(2)7-11(3)13-8-12-9-14(4)5-6-15-12/h10-13H,5-9H2,1-4H3/t11-,12+/m1/s1. The molecule has 3 heteroatoms. The summed E-state index contributed by atoms with van der Waals surface area (Å²) in [6, 6.07) is 0.598. The fourth-order valence-corrected chi connectivity index (χ4v) is 2.11. The molecule has 0 amide bonds. The Labute approximate surface area is 94.2 Å². The normalized spacial score (nSPS) is 25.8. The van der Waals surface area contributed by atoms with Crippen LogP contribution in [0.1, 0.15) is 27.2 Å². The molecule has 2 atom stereocenters. The summed E-state index contributed by atoms with van der Waals surface area (Å²) in [5, 5.41) is 3.55. The minimum atomic E-state index is 0.373. The number of likely N-dealkylation sites (N-methyl/N-ethyl adjacent to an activating group) is 1. The van der Waals surface area contributed by atoms with E-state index in [9.17, 15) is 0 Å². The van der Waals surface area contributed by atoms with Crippen molar-refractivity contribution in [3.8, 4) is 0 Å². The number of nitrogens with one attached hydrogen (secondary N) is 1. The van der Waals surface area contributed by atoms with Crippen LogP contribution >= 0.6 is 0 Å². The van der Waals surface area contributed by atoms with Gasteiger partial charge in [-0.1, -0.05) is 13.8 Å². The fourth-order valence-electron chi connectivity index (χ4n) is 2.11. The van der Waals surface area contributed by atoms with Gasteiger partial charge in [0.25, 0.3) is 0 Å². The van der Waals surface area contributed by atoms with Crippen molar-refractivity contribution < 1.29 is 4.74 Å². The topological polar surface area (TPSA) is 24.5 Å². The van der Waals surface area contributed by atoms with Crippen molar-refractivity contribution in [2.24, 2.45) is 5.92 Å². The minimum Gasteiger partial charge on any atom is -0.374 e. The van der Waals surface area contributed by atoms with Crippen LogP contribution in [0.2, 0.25) is 0 Å². The first kappa shape index (κ1) is 12.9. The Balaban J connectivity index is 2.13. The van der Waals surface area contributed by atoms with Gasteiger partial charge in [0.15, 0.2) is 0 Å². The molecule has 0 spiro atoms. The van der Waals surface area contributed by atoms with E-state index in [2.05, 4.69) is 38.0 Å². The Morgan fingerprint density at radius 1 is 1.40 bits per heavy atom. The molecule has 1 rings (SSSR count). The third-order valence-corrected chi connectivity index (χ3v) is 2.86. The SMILES string of the molecule is CC(C)C[C@@H](C)NC[C@H]1CN(C)CCO1. The Kier molecular flexibility index (Phi) is 5.58. The van der Waals surface area contributed by atoms with Crippen LogP contribution in [0.15, 0.2) is 0 Å². The summed E-state index contributed by atoms with van der Waals surface area (Å²) in [5.41, 5.74) is 0. The maximum absolute atomic E-state index is 5.70. The summed E-state index contributed by atoms with van der Waals surface area (Å²) in [7, 11) is 2.16. The zero-order valence-electron chi connectivity index (χ0n) is 10.6. The van der Waals surface area contributed by atoms with E-state index in [0.29, 0.717) is 12.1 Å². The number of hydrogen-bond donors (Lipinski definition) is 1. The van der Waals surface area contributed by atoms with Crippen molar-refractivity contribution >= 4 is 0 Å². The van der Waals surface area contributed by atoms with Crippen molar-refractivity contribution in [2.75, 3.05) is 33.3 Å². The third-order valence-electron chi connectivity index (χ3n) is 2.86. The summed E-state index contributed by atoms with van der Waals surface area (Å²) >= 11 is 0. The second-order valence-corrected chi connectivity index (χ2v) is 5.19.